The first-order chi connectivity index (χ1) is 8.63. The van der Waals surface area contributed by atoms with E-state index in [0.717, 1.165) is 12.0 Å². The first-order valence-corrected chi connectivity index (χ1v) is 8.02. The molecular formula is C16H32N2. The number of nitrogens with one attached hydrogen (secondary N) is 1. The Morgan fingerprint density at radius 2 is 1.72 bits per heavy atom. The maximum atomic E-state index is 3.38. The summed E-state index contributed by atoms with van der Waals surface area (Å²) in [6.07, 6.45) is 10.1. The van der Waals surface area contributed by atoms with Crippen LogP contribution < -0.4 is 5.32 Å². The van der Waals surface area contributed by atoms with Crippen LogP contribution in [0.1, 0.15) is 58.8 Å². The van der Waals surface area contributed by atoms with Crippen LogP contribution in [0.5, 0.6) is 0 Å². The van der Waals surface area contributed by atoms with Gasteiger partial charge in [-0.1, -0.05) is 39.5 Å². The highest BCUT2D eigenvalue weighted by Gasteiger charge is 2.37. The average molecular weight is 252 g/mol. The highest BCUT2D eigenvalue weighted by molar-refractivity contribution is 4.90. The second-order valence-electron chi connectivity index (χ2n) is 7.15. The molecule has 1 saturated heterocycles. The van der Waals surface area contributed by atoms with E-state index in [4.69, 9.17) is 0 Å². The molecule has 1 N–H and O–H groups in total. The van der Waals surface area contributed by atoms with Gasteiger partial charge in [-0.05, 0) is 50.7 Å². The van der Waals surface area contributed by atoms with E-state index < -0.39 is 0 Å². The molecule has 2 aliphatic rings. The van der Waals surface area contributed by atoms with Crippen LogP contribution in [0.4, 0.5) is 0 Å². The topological polar surface area (TPSA) is 15.3 Å². The molecule has 1 aliphatic carbocycles. The lowest BCUT2D eigenvalue weighted by Gasteiger charge is -2.47. The molecule has 2 nitrogen and oxygen atoms in total. The summed E-state index contributed by atoms with van der Waals surface area (Å²) in [4.78, 5) is 2.82. The van der Waals surface area contributed by atoms with Gasteiger partial charge in [-0.15, -0.1) is 0 Å². The van der Waals surface area contributed by atoms with Crippen molar-refractivity contribution in [2.75, 3.05) is 26.7 Å². The monoisotopic (exact) mass is 252 g/mol. The Balaban J connectivity index is 1.92. The molecule has 106 valence electrons. The predicted octanol–water partition coefficient (Wildman–Crippen LogP) is 3.28. The normalized spacial score (nSPS) is 31.2. The zero-order valence-electron chi connectivity index (χ0n) is 12.7. The number of rotatable bonds is 3. The van der Waals surface area contributed by atoms with Crippen molar-refractivity contribution in [2.45, 2.75) is 64.8 Å². The van der Waals surface area contributed by atoms with E-state index in [1.165, 1.54) is 64.6 Å². The van der Waals surface area contributed by atoms with E-state index in [1.807, 2.05) is 0 Å². The molecule has 0 bridgehead atoms. The maximum absolute atomic E-state index is 3.38. The molecule has 1 aliphatic heterocycles. The Morgan fingerprint density at radius 3 is 2.28 bits per heavy atom. The minimum Gasteiger partial charge on any atom is -0.319 e. The zero-order chi connectivity index (χ0) is 13.0. The summed E-state index contributed by atoms with van der Waals surface area (Å²) >= 11 is 0. The van der Waals surface area contributed by atoms with Crippen molar-refractivity contribution < 1.29 is 0 Å². The summed E-state index contributed by atoms with van der Waals surface area (Å²) in [7, 11) is 2.09. The van der Waals surface area contributed by atoms with Crippen LogP contribution in [-0.4, -0.2) is 37.6 Å². The molecule has 1 heterocycles. The largest absolute Gasteiger partial charge is 0.319 e. The van der Waals surface area contributed by atoms with Gasteiger partial charge in [0.05, 0.1) is 0 Å². The first kappa shape index (κ1) is 14.3. The van der Waals surface area contributed by atoms with Crippen molar-refractivity contribution in [3.8, 4) is 0 Å². The summed E-state index contributed by atoms with van der Waals surface area (Å²) in [6.45, 7) is 8.77. The molecule has 18 heavy (non-hydrogen) atoms. The smallest absolute Gasteiger partial charge is 0.00954 e. The number of hydrogen-bond acceptors (Lipinski definition) is 2. The predicted molar refractivity (Wildman–Crippen MR) is 78.9 cm³/mol. The van der Waals surface area contributed by atoms with Gasteiger partial charge in [-0.3, -0.25) is 4.90 Å². The van der Waals surface area contributed by atoms with Gasteiger partial charge in [-0.25, -0.2) is 0 Å². The molecule has 1 saturated carbocycles. The van der Waals surface area contributed by atoms with Gasteiger partial charge in [0.1, 0.15) is 0 Å². The number of hydrogen-bond donors (Lipinski definition) is 1. The van der Waals surface area contributed by atoms with Crippen molar-refractivity contribution in [2.24, 2.45) is 11.3 Å². The molecule has 2 heteroatoms. The molecule has 0 aromatic rings. The van der Waals surface area contributed by atoms with Gasteiger partial charge in [-0.2, -0.15) is 0 Å². The Labute approximate surface area is 114 Å². The maximum Gasteiger partial charge on any atom is 0.00954 e. The SMILES string of the molecule is CNCC1CCN(C2CCCCCC2)CC1(C)C. The average Bonchev–Trinajstić information content (AvgIpc) is 2.60. The third kappa shape index (κ3) is 3.48. The van der Waals surface area contributed by atoms with E-state index in [9.17, 15) is 0 Å². The Kier molecular flexibility index (Phi) is 5.08. The van der Waals surface area contributed by atoms with Crippen molar-refractivity contribution >= 4 is 0 Å². The van der Waals surface area contributed by atoms with Crippen LogP contribution in [-0.2, 0) is 0 Å². The summed E-state index contributed by atoms with van der Waals surface area (Å²) < 4.78 is 0. The summed E-state index contributed by atoms with van der Waals surface area (Å²) in [5, 5.41) is 3.38. The number of likely N-dealkylation sites (tertiary alicyclic amines) is 1. The van der Waals surface area contributed by atoms with Crippen LogP contribution in [0.25, 0.3) is 0 Å². The van der Waals surface area contributed by atoms with Gasteiger partial charge in [0, 0.05) is 12.6 Å². The fraction of sp³-hybridized carbons (Fsp3) is 1.00. The first-order valence-electron chi connectivity index (χ1n) is 8.02. The molecule has 0 aromatic heterocycles. The Morgan fingerprint density at radius 1 is 1.06 bits per heavy atom. The Hall–Kier alpha value is -0.0800. The second kappa shape index (κ2) is 6.38. The quantitative estimate of drug-likeness (QED) is 0.776. The molecule has 0 spiro atoms. The van der Waals surface area contributed by atoms with E-state index in [-0.39, 0.29) is 0 Å². The van der Waals surface area contributed by atoms with Crippen molar-refractivity contribution in [1.82, 2.24) is 10.2 Å². The minimum absolute atomic E-state index is 0.480. The zero-order valence-corrected chi connectivity index (χ0v) is 12.7. The third-order valence-electron chi connectivity index (χ3n) is 5.27. The van der Waals surface area contributed by atoms with E-state index in [2.05, 4.69) is 31.1 Å². The van der Waals surface area contributed by atoms with E-state index in [0.29, 0.717) is 5.41 Å². The molecule has 1 atom stereocenters. The van der Waals surface area contributed by atoms with Crippen LogP contribution in [0.2, 0.25) is 0 Å². The molecule has 0 radical (unpaired) electrons. The summed E-state index contributed by atoms with van der Waals surface area (Å²) in [5.41, 5.74) is 0.480. The lowest BCUT2D eigenvalue weighted by Crippen LogP contribution is -2.51. The van der Waals surface area contributed by atoms with E-state index in [1.54, 1.807) is 0 Å². The van der Waals surface area contributed by atoms with Crippen LogP contribution >= 0.6 is 0 Å². The molecule has 2 fully saturated rings. The second-order valence-corrected chi connectivity index (χ2v) is 7.15. The number of nitrogens with zero attached hydrogens (tertiary/aromatic N) is 1. The van der Waals surface area contributed by atoms with Crippen molar-refractivity contribution in [3.05, 3.63) is 0 Å². The van der Waals surface area contributed by atoms with Gasteiger partial charge >= 0.3 is 0 Å². The van der Waals surface area contributed by atoms with Crippen LogP contribution in [0.3, 0.4) is 0 Å². The molecular weight excluding hydrogens is 220 g/mol. The molecule has 0 aromatic carbocycles. The van der Waals surface area contributed by atoms with Gasteiger partial charge in [0.15, 0.2) is 0 Å². The van der Waals surface area contributed by atoms with Gasteiger partial charge < -0.3 is 5.32 Å². The number of piperidine rings is 1. The minimum atomic E-state index is 0.480. The van der Waals surface area contributed by atoms with Crippen molar-refractivity contribution in [3.63, 3.8) is 0 Å². The standard InChI is InChI=1S/C16H32N2/c1-16(2)13-18(11-10-14(16)12-17-3)15-8-6-4-5-7-9-15/h14-15,17H,4-13H2,1-3H3. The third-order valence-corrected chi connectivity index (χ3v) is 5.27. The summed E-state index contributed by atoms with van der Waals surface area (Å²) in [6, 6.07) is 0.891. The van der Waals surface area contributed by atoms with Crippen LogP contribution in [0.15, 0.2) is 0 Å². The molecule has 0 amide bonds. The fourth-order valence-corrected chi connectivity index (χ4v) is 4.00. The van der Waals surface area contributed by atoms with Gasteiger partial charge in [0.2, 0.25) is 0 Å². The highest BCUT2D eigenvalue weighted by atomic mass is 15.2. The molecule has 1 unspecified atom stereocenters. The van der Waals surface area contributed by atoms with Gasteiger partial charge in [0.25, 0.3) is 0 Å². The fourth-order valence-electron chi connectivity index (χ4n) is 4.00. The molecule has 2 rings (SSSR count). The lowest BCUT2D eigenvalue weighted by molar-refractivity contribution is 0.0244. The van der Waals surface area contributed by atoms with Crippen LogP contribution in [0, 0.1) is 11.3 Å². The highest BCUT2D eigenvalue weighted by Crippen LogP contribution is 2.37. The van der Waals surface area contributed by atoms with E-state index >= 15 is 0 Å². The lowest BCUT2D eigenvalue weighted by atomic mass is 9.73. The Bertz CT molecular complexity index is 241. The summed E-state index contributed by atoms with van der Waals surface area (Å²) in [5.74, 6) is 0.851. The van der Waals surface area contributed by atoms with Crippen molar-refractivity contribution in [1.29, 1.82) is 0 Å².